The molecule has 164 valence electrons. The quantitative estimate of drug-likeness (QED) is 0.763. The van der Waals surface area contributed by atoms with Crippen molar-refractivity contribution < 1.29 is 19.1 Å². The highest BCUT2D eigenvalue weighted by Gasteiger charge is 2.43. The van der Waals surface area contributed by atoms with Crippen molar-refractivity contribution >= 4 is 28.6 Å². The number of amides is 2. The molecule has 1 atom stereocenters. The van der Waals surface area contributed by atoms with Crippen LogP contribution in [0.2, 0.25) is 0 Å². The van der Waals surface area contributed by atoms with E-state index in [2.05, 4.69) is 5.32 Å². The lowest BCUT2D eigenvalue weighted by Gasteiger charge is -2.38. The number of likely N-dealkylation sites (tertiary alicyclic amines) is 1. The lowest BCUT2D eigenvalue weighted by Crippen LogP contribution is -2.58. The number of nitrogens with zero attached hydrogens (tertiary/aromatic N) is 1. The Morgan fingerprint density at radius 3 is 2.52 bits per heavy atom. The molecular formula is C25H30N2O4. The van der Waals surface area contributed by atoms with Gasteiger partial charge in [-0.1, -0.05) is 55.7 Å². The molecule has 1 heterocycles. The summed E-state index contributed by atoms with van der Waals surface area (Å²) in [6.07, 6.45) is 5.54. The summed E-state index contributed by atoms with van der Waals surface area (Å²) < 4.78 is 5.02. The standard InChI is InChI=1S/C25H30N2O4/c1-31-24(30)25(14-5-2-6-15-25)26-22(28)19-11-8-16-27(17-19)23(29)21-13-7-10-18-9-3-4-12-20(18)21/h3-4,7,9-10,12-13,19H,2,5-6,8,11,14-17H2,1H3,(H,26,28). The van der Waals surface area contributed by atoms with Crippen LogP contribution < -0.4 is 5.32 Å². The average Bonchev–Trinajstić information content (AvgIpc) is 2.83. The maximum atomic E-state index is 13.3. The summed E-state index contributed by atoms with van der Waals surface area (Å²) in [5.41, 5.74) is -0.260. The number of hydrogen-bond donors (Lipinski definition) is 1. The summed E-state index contributed by atoms with van der Waals surface area (Å²) in [5, 5.41) is 4.98. The monoisotopic (exact) mass is 422 g/mol. The van der Waals surface area contributed by atoms with Crippen LogP contribution in [-0.4, -0.2) is 48.4 Å². The van der Waals surface area contributed by atoms with E-state index in [0.29, 0.717) is 37.9 Å². The number of benzene rings is 2. The summed E-state index contributed by atoms with van der Waals surface area (Å²) >= 11 is 0. The first kappa shape index (κ1) is 21.3. The van der Waals surface area contributed by atoms with Gasteiger partial charge < -0.3 is 15.0 Å². The molecule has 1 aliphatic heterocycles. The maximum Gasteiger partial charge on any atom is 0.331 e. The Morgan fingerprint density at radius 1 is 1.00 bits per heavy atom. The number of carbonyl (C=O) groups is 3. The molecule has 31 heavy (non-hydrogen) atoms. The average molecular weight is 423 g/mol. The third kappa shape index (κ3) is 4.29. The largest absolute Gasteiger partial charge is 0.467 e. The second kappa shape index (κ2) is 9.08. The van der Waals surface area contributed by atoms with E-state index < -0.39 is 5.54 Å². The van der Waals surface area contributed by atoms with Gasteiger partial charge in [0.1, 0.15) is 5.54 Å². The second-order valence-electron chi connectivity index (χ2n) is 8.74. The van der Waals surface area contributed by atoms with Crippen LogP contribution in [0.1, 0.15) is 55.3 Å². The van der Waals surface area contributed by atoms with E-state index in [-0.39, 0.29) is 23.7 Å². The molecule has 2 aromatic rings. The zero-order valence-electron chi connectivity index (χ0n) is 18.1. The van der Waals surface area contributed by atoms with Crippen LogP contribution in [0.3, 0.4) is 0 Å². The molecule has 0 aromatic heterocycles. The van der Waals surface area contributed by atoms with Crippen LogP contribution in [0.25, 0.3) is 10.8 Å². The molecule has 2 fully saturated rings. The fraction of sp³-hybridized carbons (Fsp3) is 0.480. The van der Waals surface area contributed by atoms with Crippen LogP contribution in [0.5, 0.6) is 0 Å². The normalized spacial score (nSPS) is 20.8. The number of ether oxygens (including phenoxy) is 1. The predicted octanol–water partition coefficient (Wildman–Crippen LogP) is 3.68. The van der Waals surface area contributed by atoms with Crippen molar-refractivity contribution in [2.75, 3.05) is 20.2 Å². The SMILES string of the molecule is COC(=O)C1(NC(=O)C2CCCN(C(=O)c3cccc4ccccc34)C2)CCCCC1. The van der Waals surface area contributed by atoms with Crippen molar-refractivity contribution in [3.63, 3.8) is 0 Å². The molecule has 2 aliphatic rings. The number of piperidine rings is 1. The zero-order chi connectivity index (χ0) is 21.8. The lowest BCUT2D eigenvalue weighted by atomic mass is 9.81. The number of rotatable bonds is 4. The van der Waals surface area contributed by atoms with E-state index in [1.165, 1.54) is 7.11 Å². The number of hydrogen-bond acceptors (Lipinski definition) is 4. The number of methoxy groups -OCH3 is 1. The molecular weight excluding hydrogens is 392 g/mol. The predicted molar refractivity (Wildman–Crippen MR) is 119 cm³/mol. The molecule has 0 spiro atoms. The minimum Gasteiger partial charge on any atom is -0.467 e. The van der Waals surface area contributed by atoms with Gasteiger partial charge >= 0.3 is 5.97 Å². The van der Waals surface area contributed by atoms with Gasteiger partial charge in [0.15, 0.2) is 0 Å². The van der Waals surface area contributed by atoms with E-state index in [1.54, 1.807) is 4.90 Å². The number of carbonyl (C=O) groups excluding carboxylic acids is 3. The number of nitrogens with one attached hydrogen (secondary N) is 1. The van der Waals surface area contributed by atoms with Gasteiger partial charge in [0.2, 0.25) is 5.91 Å². The smallest absolute Gasteiger partial charge is 0.331 e. The van der Waals surface area contributed by atoms with Crippen LogP contribution in [0, 0.1) is 5.92 Å². The Bertz CT molecular complexity index is 975. The Morgan fingerprint density at radius 2 is 1.74 bits per heavy atom. The highest BCUT2D eigenvalue weighted by atomic mass is 16.5. The second-order valence-corrected chi connectivity index (χ2v) is 8.74. The van der Waals surface area contributed by atoms with E-state index in [9.17, 15) is 14.4 Å². The summed E-state index contributed by atoms with van der Waals surface area (Å²) in [6.45, 7) is 0.999. The molecule has 1 saturated carbocycles. The third-order valence-corrected chi connectivity index (χ3v) is 6.75. The molecule has 2 amide bonds. The summed E-state index contributed by atoms with van der Waals surface area (Å²) in [5.74, 6) is -0.881. The molecule has 0 bridgehead atoms. The molecule has 1 unspecified atom stereocenters. The van der Waals surface area contributed by atoms with Crippen molar-refractivity contribution in [3.8, 4) is 0 Å². The molecule has 1 aliphatic carbocycles. The van der Waals surface area contributed by atoms with Gasteiger partial charge in [0.25, 0.3) is 5.91 Å². The fourth-order valence-electron chi connectivity index (χ4n) is 5.03. The molecule has 4 rings (SSSR count). The van der Waals surface area contributed by atoms with E-state index in [1.807, 2.05) is 42.5 Å². The summed E-state index contributed by atoms with van der Waals surface area (Å²) in [7, 11) is 1.37. The van der Waals surface area contributed by atoms with Gasteiger partial charge in [-0.2, -0.15) is 0 Å². The topological polar surface area (TPSA) is 75.7 Å². The van der Waals surface area contributed by atoms with E-state index in [4.69, 9.17) is 4.74 Å². The number of fused-ring (bicyclic) bond motifs is 1. The Hall–Kier alpha value is -2.89. The van der Waals surface area contributed by atoms with Crippen molar-refractivity contribution in [3.05, 3.63) is 48.0 Å². The van der Waals surface area contributed by atoms with E-state index in [0.717, 1.165) is 36.5 Å². The van der Waals surface area contributed by atoms with Gasteiger partial charge in [-0.3, -0.25) is 9.59 Å². The van der Waals surface area contributed by atoms with Crippen LogP contribution in [-0.2, 0) is 14.3 Å². The van der Waals surface area contributed by atoms with Crippen molar-refractivity contribution in [1.82, 2.24) is 10.2 Å². The fourth-order valence-corrected chi connectivity index (χ4v) is 5.03. The van der Waals surface area contributed by atoms with Crippen LogP contribution >= 0.6 is 0 Å². The number of esters is 1. The third-order valence-electron chi connectivity index (χ3n) is 6.75. The minimum atomic E-state index is -0.925. The molecule has 0 radical (unpaired) electrons. The molecule has 6 nitrogen and oxygen atoms in total. The molecule has 1 saturated heterocycles. The summed E-state index contributed by atoms with van der Waals surface area (Å²) in [6, 6.07) is 13.6. The first-order valence-electron chi connectivity index (χ1n) is 11.2. The lowest BCUT2D eigenvalue weighted by molar-refractivity contribution is -0.153. The first-order valence-corrected chi connectivity index (χ1v) is 11.2. The zero-order valence-corrected chi connectivity index (χ0v) is 18.1. The maximum absolute atomic E-state index is 13.3. The Balaban J connectivity index is 1.49. The highest BCUT2D eigenvalue weighted by Crippen LogP contribution is 2.31. The van der Waals surface area contributed by atoms with Crippen LogP contribution in [0.15, 0.2) is 42.5 Å². The van der Waals surface area contributed by atoms with E-state index >= 15 is 0 Å². The van der Waals surface area contributed by atoms with Gasteiger partial charge in [-0.25, -0.2) is 4.79 Å². The van der Waals surface area contributed by atoms with Gasteiger partial charge in [0.05, 0.1) is 13.0 Å². The van der Waals surface area contributed by atoms with Gasteiger partial charge in [-0.05, 0) is 42.5 Å². The molecule has 1 N–H and O–H groups in total. The summed E-state index contributed by atoms with van der Waals surface area (Å²) in [4.78, 5) is 40.7. The molecule has 6 heteroatoms. The molecule has 2 aromatic carbocycles. The van der Waals surface area contributed by atoms with Crippen molar-refractivity contribution in [1.29, 1.82) is 0 Å². The minimum absolute atomic E-state index is 0.0466. The first-order chi connectivity index (χ1) is 15.0. The Kier molecular flexibility index (Phi) is 6.25. The highest BCUT2D eigenvalue weighted by molar-refractivity contribution is 6.07. The van der Waals surface area contributed by atoms with Crippen molar-refractivity contribution in [2.24, 2.45) is 5.92 Å². The van der Waals surface area contributed by atoms with Crippen molar-refractivity contribution in [2.45, 2.75) is 50.5 Å². The van der Waals surface area contributed by atoms with Crippen LogP contribution in [0.4, 0.5) is 0 Å². The van der Waals surface area contributed by atoms with Gasteiger partial charge in [0, 0.05) is 18.7 Å². The van der Waals surface area contributed by atoms with Gasteiger partial charge in [-0.15, -0.1) is 0 Å². The Labute approximate surface area is 182 Å².